The zero-order valence-corrected chi connectivity index (χ0v) is 9.63. The lowest BCUT2D eigenvalue weighted by Crippen LogP contribution is -1.98. The van der Waals surface area contributed by atoms with Crippen molar-refractivity contribution in [3.8, 4) is 0 Å². The summed E-state index contributed by atoms with van der Waals surface area (Å²) in [6.45, 7) is 3.33. The Morgan fingerprint density at radius 3 is 2.56 bits per heavy atom. The number of allylic oxidation sites excluding steroid dienone is 1. The van der Waals surface area contributed by atoms with Crippen LogP contribution in [0, 0.1) is 20.2 Å². The fraction of sp³-hybridized carbons (Fsp3) is 0. The van der Waals surface area contributed by atoms with Crippen molar-refractivity contribution in [1.82, 2.24) is 0 Å². The Labute approximate surface area is 106 Å². The summed E-state index contributed by atoms with van der Waals surface area (Å²) in [6.07, 6.45) is 1.15. The highest BCUT2D eigenvalue weighted by molar-refractivity contribution is 6.38. The van der Waals surface area contributed by atoms with E-state index in [9.17, 15) is 20.2 Å². The largest absolute Gasteiger partial charge is 0.301 e. The summed E-state index contributed by atoms with van der Waals surface area (Å²) in [4.78, 5) is 19.8. The van der Waals surface area contributed by atoms with Crippen molar-refractivity contribution in [2.24, 2.45) is 5.10 Å². The zero-order valence-electron chi connectivity index (χ0n) is 8.87. The maximum Gasteiger partial charge on any atom is 0.301 e. The summed E-state index contributed by atoms with van der Waals surface area (Å²) < 4.78 is 0. The monoisotopic (exact) mass is 270 g/mol. The van der Waals surface area contributed by atoms with Crippen LogP contribution in [0.1, 0.15) is 0 Å². The molecule has 0 radical (unpaired) electrons. The van der Waals surface area contributed by atoms with Gasteiger partial charge < -0.3 is 0 Å². The number of nitro groups is 2. The number of benzene rings is 1. The standard InChI is InChI=1S/C9H7ClN4O4/c1-6(10)5-11-12-8-3-2-7(13(15)16)4-9(8)14(17)18/h2-5,12H,1H2. The minimum atomic E-state index is -0.750. The van der Waals surface area contributed by atoms with Crippen LogP contribution in [0.2, 0.25) is 0 Å². The highest BCUT2D eigenvalue weighted by Crippen LogP contribution is 2.28. The van der Waals surface area contributed by atoms with E-state index in [0.29, 0.717) is 0 Å². The van der Waals surface area contributed by atoms with Gasteiger partial charge in [-0.2, -0.15) is 5.10 Å². The molecule has 0 atom stereocenters. The first kappa shape index (κ1) is 13.6. The predicted molar refractivity (Wildman–Crippen MR) is 66.9 cm³/mol. The van der Waals surface area contributed by atoms with Crippen LogP contribution in [0.3, 0.4) is 0 Å². The van der Waals surface area contributed by atoms with E-state index in [1.807, 2.05) is 0 Å². The van der Waals surface area contributed by atoms with Crippen LogP contribution < -0.4 is 5.43 Å². The molecular formula is C9H7ClN4O4. The normalized spacial score (nSPS) is 10.3. The van der Waals surface area contributed by atoms with Crippen molar-refractivity contribution in [1.29, 1.82) is 0 Å². The first-order valence-electron chi connectivity index (χ1n) is 4.48. The fourth-order valence-corrected chi connectivity index (χ4v) is 1.10. The van der Waals surface area contributed by atoms with Crippen LogP contribution in [0.15, 0.2) is 34.9 Å². The highest BCUT2D eigenvalue weighted by Gasteiger charge is 2.18. The molecule has 0 aliphatic carbocycles. The lowest BCUT2D eigenvalue weighted by molar-refractivity contribution is -0.393. The second-order valence-corrected chi connectivity index (χ2v) is 3.52. The van der Waals surface area contributed by atoms with Crippen LogP contribution in [0.25, 0.3) is 0 Å². The van der Waals surface area contributed by atoms with Crippen molar-refractivity contribution in [3.05, 3.63) is 50.0 Å². The smallest absolute Gasteiger partial charge is 0.272 e. The van der Waals surface area contributed by atoms with E-state index < -0.39 is 15.5 Å². The van der Waals surface area contributed by atoms with Gasteiger partial charge in [0.1, 0.15) is 5.69 Å². The number of nitrogens with zero attached hydrogens (tertiary/aromatic N) is 3. The predicted octanol–water partition coefficient (Wildman–Crippen LogP) is 2.65. The second-order valence-electron chi connectivity index (χ2n) is 3.03. The summed E-state index contributed by atoms with van der Waals surface area (Å²) in [7, 11) is 0. The van der Waals surface area contributed by atoms with Gasteiger partial charge in [-0.25, -0.2) is 0 Å². The van der Waals surface area contributed by atoms with Gasteiger partial charge in [0.2, 0.25) is 0 Å². The number of non-ortho nitro benzene ring substituents is 1. The Morgan fingerprint density at radius 2 is 2.06 bits per heavy atom. The Kier molecular flexibility index (Phi) is 4.33. The van der Waals surface area contributed by atoms with Gasteiger partial charge in [-0.15, -0.1) is 0 Å². The molecule has 1 rings (SSSR count). The first-order valence-corrected chi connectivity index (χ1v) is 4.86. The molecule has 0 aliphatic heterocycles. The lowest BCUT2D eigenvalue weighted by atomic mass is 10.2. The van der Waals surface area contributed by atoms with Gasteiger partial charge >= 0.3 is 5.69 Å². The molecule has 9 heteroatoms. The molecule has 0 bridgehead atoms. The van der Waals surface area contributed by atoms with E-state index in [2.05, 4.69) is 17.1 Å². The van der Waals surface area contributed by atoms with E-state index in [0.717, 1.165) is 18.3 Å². The molecule has 0 fully saturated rings. The molecule has 1 N–H and O–H groups in total. The molecule has 0 spiro atoms. The molecule has 0 saturated carbocycles. The molecule has 8 nitrogen and oxygen atoms in total. The fourth-order valence-electron chi connectivity index (χ4n) is 1.05. The zero-order chi connectivity index (χ0) is 13.7. The highest BCUT2D eigenvalue weighted by atomic mass is 35.5. The molecule has 0 unspecified atom stereocenters. The molecule has 0 amide bonds. The van der Waals surface area contributed by atoms with Gasteiger partial charge in [0.15, 0.2) is 0 Å². The lowest BCUT2D eigenvalue weighted by Gasteiger charge is -2.01. The van der Waals surface area contributed by atoms with Crippen molar-refractivity contribution in [2.45, 2.75) is 0 Å². The van der Waals surface area contributed by atoms with Crippen molar-refractivity contribution >= 4 is 34.9 Å². The van der Waals surface area contributed by atoms with Crippen LogP contribution in [-0.2, 0) is 0 Å². The average molecular weight is 271 g/mol. The number of nitro benzene ring substituents is 2. The van der Waals surface area contributed by atoms with E-state index in [1.165, 1.54) is 6.07 Å². The quantitative estimate of drug-likeness (QED) is 0.502. The van der Waals surface area contributed by atoms with Gasteiger partial charge in [0, 0.05) is 6.07 Å². The maximum atomic E-state index is 10.7. The number of hydrazone groups is 1. The van der Waals surface area contributed by atoms with Crippen molar-refractivity contribution in [3.63, 3.8) is 0 Å². The van der Waals surface area contributed by atoms with Gasteiger partial charge in [-0.05, 0) is 6.07 Å². The number of anilines is 1. The third-order valence-electron chi connectivity index (χ3n) is 1.78. The SMILES string of the molecule is C=C(Cl)C=NNc1ccc([N+](=O)[O-])cc1[N+](=O)[O-]. The molecule has 0 heterocycles. The molecule has 0 aromatic heterocycles. The van der Waals surface area contributed by atoms with Crippen LogP contribution >= 0.6 is 11.6 Å². The molecule has 1 aromatic carbocycles. The average Bonchev–Trinajstić information content (AvgIpc) is 2.28. The molecule has 94 valence electrons. The Balaban J connectivity index is 3.08. The van der Waals surface area contributed by atoms with E-state index >= 15 is 0 Å². The summed E-state index contributed by atoms with van der Waals surface area (Å²) in [5.74, 6) is 0. The molecule has 18 heavy (non-hydrogen) atoms. The molecular weight excluding hydrogens is 264 g/mol. The number of hydrogen-bond acceptors (Lipinski definition) is 6. The number of nitrogens with one attached hydrogen (secondary N) is 1. The Bertz CT molecular complexity index is 543. The van der Waals surface area contributed by atoms with Crippen LogP contribution in [-0.4, -0.2) is 16.1 Å². The first-order chi connectivity index (χ1) is 8.41. The number of rotatable bonds is 5. The van der Waals surface area contributed by atoms with Crippen LogP contribution in [0.4, 0.5) is 17.1 Å². The summed E-state index contributed by atoms with van der Waals surface area (Å²) >= 11 is 5.41. The number of hydrogen-bond donors (Lipinski definition) is 1. The Morgan fingerprint density at radius 1 is 1.39 bits per heavy atom. The minimum absolute atomic E-state index is 0.0137. The minimum Gasteiger partial charge on any atom is -0.272 e. The van der Waals surface area contributed by atoms with Gasteiger partial charge in [-0.1, -0.05) is 18.2 Å². The molecule has 1 aromatic rings. The van der Waals surface area contributed by atoms with E-state index in [4.69, 9.17) is 11.6 Å². The van der Waals surface area contributed by atoms with Gasteiger partial charge in [-0.3, -0.25) is 25.7 Å². The summed E-state index contributed by atoms with van der Waals surface area (Å²) in [5.41, 5.74) is 1.53. The molecule has 0 saturated heterocycles. The van der Waals surface area contributed by atoms with Crippen molar-refractivity contribution < 1.29 is 9.85 Å². The topological polar surface area (TPSA) is 111 Å². The van der Waals surface area contributed by atoms with E-state index in [-0.39, 0.29) is 16.4 Å². The van der Waals surface area contributed by atoms with Crippen LogP contribution in [0.5, 0.6) is 0 Å². The summed E-state index contributed by atoms with van der Waals surface area (Å²) in [6, 6.07) is 3.15. The molecule has 0 aliphatic rings. The third kappa shape index (κ3) is 3.52. The maximum absolute atomic E-state index is 10.7. The van der Waals surface area contributed by atoms with E-state index in [1.54, 1.807) is 0 Å². The Hall–Kier alpha value is -2.48. The van der Waals surface area contributed by atoms with Crippen molar-refractivity contribution in [2.75, 3.05) is 5.43 Å². The third-order valence-corrected chi connectivity index (χ3v) is 1.88. The summed E-state index contributed by atoms with van der Waals surface area (Å²) in [5, 5.41) is 24.9. The number of halogens is 1. The second kappa shape index (κ2) is 5.73. The van der Waals surface area contributed by atoms with Gasteiger partial charge in [0.25, 0.3) is 5.69 Å². The van der Waals surface area contributed by atoms with Gasteiger partial charge in [0.05, 0.1) is 27.2 Å².